The van der Waals surface area contributed by atoms with E-state index in [1.54, 1.807) is 25.1 Å². The SMILES string of the molecule is C=CCN(CCC)c1c(F)cccc1[C@@H](C)O. The van der Waals surface area contributed by atoms with Gasteiger partial charge in [-0.25, -0.2) is 4.39 Å². The number of hydrogen-bond donors (Lipinski definition) is 1. The van der Waals surface area contributed by atoms with Gasteiger partial charge >= 0.3 is 0 Å². The predicted octanol–water partition coefficient (Wildman–Crippen LogP) is 3.28. The van der Waals surface area contributed by atoms with Gasteiger partial charge in [-0.3, -0.25) is 0 Å². The molecule has 2 nitrogen and oxygen atoms in total. The molecule has 0 radical (unpaired) electrons. The minimum Gasteiger partial charge on any atom is -0.389 e. The topological polar surface area (TPSA) is 23.5 Å². The standard InChI is InChI=1S/C14H20FNO/c1-4-9-16(10-5-2)14-12(11(3)17)7-6-8-13(14)15/h4,6-8,11,17H,1,5,9-10H2,2-3H3/t11-/m1/s1. The van der Waals surface area contributed by atoms with Gasteiger partial charge < -0.3 is 10.0 Å². The van der Waals surface area contributed by atoms with Crippen molar-refractivity contribution >= 4 is 5.69 Å². The first-order chi connectivity index (χ1) is 8.11. The first-order valence-electron chi connectivity index (χ1n) is 5.94. The quantitative estimate of drug-likeness (QED) is 0.767. The zero-order chi connectivity index (χ0) is 12.8. The van der Waals surface area contributed by atoms with Gasteiger partial charge in [-0.1, -0.05) is 25.1 Å². The number of halogens is 1. The molecule has 1 aromatic rings. The van der Waals surface area contributed by atoms with Crippen molar-refractivity contribution in [3.05, 3.63) is 42.2 Å². The fraction of sp³-hybridized carbons (Fsp3) is 0.429. The van der Waals surface area contributed by atoms with Crippen molar-refractivity contribution in [2.75, 3.05) is 18.0 Å². The molecule has 0 bridgehead atoms. The van der Waals surface area contributed by atoms with Gasteiger partial charge in [0.2, 0.25) is 0 Å². The average molecular weight is 237 g/mol. The lowest BCUT2D eigenvalue weighted by atomic mass is 10.1. The molecular formula is C14H20FNO. The molecule has 1 rings (SSSR count). The molecule has 0 heterocycles. The number of para-hydroxylation sites is 1. The van der Waals surface area contributed by atoms with Crippen LogP contribution >= 0.6 is 0 Å². The van der Waals surface area contributed by atoms with E-state index in [1.165, 1.54) is 6.07 Å². The first kappa shape index (κ1) is 13.7. The molecule has 0 fully saturated rings. The Kier molecular flexibility index (Phi) is 5.16. The zero-order valence-corrected chi connectivity index (χ0v) is 10.5. The van der Waals surface area contributed by atoms with Gasteiger partial charge in [0.05, 0.1) is 11.8 Å². The van der Waals surface area contributed by atoms with Crippen molar-refractivity contribution in [3.63, 3.8) is 0 Å². The summed E-state index contributed by atoms with van der Waals surface area (Å²) in [5.74, 6) is -0.293. The highest BCUT2D eigenvalue weighted by Crippen LogP contribution is 2.29. The second-order valence-electron chi connectivity index (χ2n) is 4.09. The highest BCUT2D eigenvalue weighted by atomic mass is 19.1. The summed E-state index contributed by atoms with van der Waals surface area (Å²) in [6.45, 7) is 8.70. The molecule has 1 atom stereocenters. The number of anilines is 1. The third kappa shape index (κ3) is 3.30. The molecule has 0 spiro atoms. The largest absolute Gasteiger partial charge is 0.389 e. The highest BCUT2D eigenvalue weighted by molar-refractivity contribution is 5.56. The van der Waals surface area contributed by atoms with Crippen LogP contribution in [0.1, 0.15) is 31.9 Å². The molecule has 0 aliphatic carbocycles. The van der Waals surface area contributed by atoms with Crippen LogP contribution in [0.3, 0.4) is 0 Å². The van der Waals surface area contributed by atoms with Crippen LogP contribution in [0.4, 0.5) is 10.1 Å². The molecule has 0 saturated carbocycles. The monoisotopic (exact) mass is 237 g/mol. The maximum Gasteiger partial charge on any atom is 0.146 e. The number of nitrogens with zero attached hydrogens (tertiary/aromatic N) is 1. The molecule has 0 aromatic heterocycles. The molecule has 0 unspecified atom stereocenters. The van der Waals surface area contributed by atoms with Crippen LogP contribution in [0.2, 0.25) is 0 Å². The van der Waals surface area contributed by atoms with Gasteiger partial charge in [0.25, 0.3) is 0 Å². The summed E-state index contributed by atoms with van der Waals surface area (Å²) in [4.78, 5) is 1.91. The Morgan fingerprint density at radius 2 is 2.24 bits per heavy atom. The van der Waals surface area contributed by atoms with Crippen molar-refractivity contribution in [2.24, 2.45) is 0 Å². The molecule has 1 aromatic carbocycles. The summed E-state index contributed by atoms with van der Waals surface area (Å²) in [7, 11) is 0. The van der Waals surface area contributed by atoms with Gasteiger partial charge in [-0.15, -0.1) is 6.58 Å². The normalized spacial score (nSPS) is 12.2. The average Bonchev–Trinajstić information content (AvgIpc) is 2.28. The lowest BCUT2D eigenvalue weighted by molar-refractivity contribution is 0.199. The van der Waals surface area contributed by atoms with Crippen molar-refractivity contribution in [2.45, 2.75) is 26.4 Å². The predicted molar refractivity (Wildman–Crippen MR) is 69.7 cm³/mol. The Morgan fingerprint density at radius 3 is 2.76 bits per heavy atom. The zero-order valence-electron chi connectivity index (χ0n) is 10.5. The van der Waals surface area contributed by atoms with Crippen LogP contribution in [0.25, 0.3) is 0 Å². The summed E-state index contributed by atoms with van der Waals surface area (Å²) in [6, 6.07) is 4.81. The van der Waals surface area contributed by atoms with E-state index in [0.717, 1.165) is 13.0 Å². The Hall–Kier alpha value is -1.35. The van der Waals surface area contributed by atoms with Crippen molar-refractivity contribution in [1.82, 2.24) is 0 Å². The molecule has 3 heteroatoms. The van der Waals surface area contributed by atoms with E-state index < -0.39 is 6.10 Å². The van der Waals surface area contributed by atoms with Crippen molar-refractivity contribution in [1.29, 1.82) is 0 Å². The number of aliphatic hydroxyl groups is 1. The van der Waals surface area contributed by atoms with E-state index in [2.05, 4.69) is 6.58 Å². The van der Waals surface area contributed by atoms with E-state index in [1.807, 2.05) is 11.8 Å². The van der Waals surface area contributed by atoms with E-state index >= 15 is 0 Å². The third-order valence-electron chi connectivity index (χ3n) is 2.63. The number of rotatable bonds is 6. The number of benzene rings is 1. The minimum atomic E-state index is -0.676. The fourth-order valence-corrected chi connectivity index (χ4v) is 1.92. The Balaban J connectivity index is 3.19. The van der Waals surface area contributed by atoms with E-state index in [4.69, 9.17) is 0 Å². The highest BCUT2D eigenvalue weighted by Gasteiger charge is 2.17. The second-order valence-corrected chi connectivity index (χ2v) is 4.09. The van der Waals surface area contributed by atoms with Crippen molar-refractivity contribution in [3.8, 4) is 0 Å². The molecule has 0 aliphatic heterocycles. The van der Waals surface area contributed by atoms with E-state index in [0.29, 0.717) is 17.8 Å². The molecule has 0 aliphatic rings. The summed E-state index contributed by atoms with van der Waals surface area (Å²) in [6.07, 6.45) is 1.99. The summed E-state index contributed by atoms with van der Waals surface area (Å²) >= 11 is 0. The molecular weight excluding hydrogens is 217 g/mol. The molecule has 0 amide bonds. The summed E-state index contributed by atoms with van der Waals surface area (Å²) in [5.41, 5.74) is 1.12. The maximum absolute atomic E-state index is 13.9. The van der Waals surface area contributed by atoms with Crippen LogP contribution in [0.5, 0.6) is 0 Å². The second kappa shape index (κ2) is 6.40. The van der Waals surface area contributed by atoms with Gasteiger partial charge in [-0.2, -0.15) is 0 Å². The Morgan fingerprint density at radius 1 is 1.53 bits per heavy atom. The van der Waals surface area contributed by atoms with Gasteiger partial charge in [0.1, 0.15) is 5.82 Å². The van der Waals surface area contributed by atoms with Crippen molar-refractivity contribution < 1.29 is 9.50 Å². The Labute approximate surface area is 102 Å². The van der Waals surface area contributed by atoms with Gasteiger partial charge in [-0.05, 0) is 19.4 Å². The van der Waals surface area contributed by atoms with E-state index in [-0.39, 0.29) is 5.82 Å². The number of aliphatic hydroxyl groups excluding tert-OH is 1. The first-order valence-corrected chi connectivity index (χ1v) is 5.94. The Bertz CT molecular complexity index is 376. The lowest BCUT2D eigenvalue weighted by Gasteiger charge is -2.26. The maximum atomic E-state index is 13.9. The van der Waals surface area contributed by atoms with Crippen LogP contribution in [0.15, 0.2) is 30.9 Å². The van der Waals surface area contributed by atoms with E-state index in [9.17, 15) is 9.50 Å². The van der Waals surface area contributed by atoms with Crippen LogP contribution < -0.4 is 4.90 Å². The van der Waals surface area contributed by atoms with Crippen LogP contribution in [0, 0.1) is 5.82 Å². The molecule has 1 N–H and O–H groups in total. The molecule has 17 heavy (non-hydrogen) atoms. The summed E-state index contributed by atoms with van der Waals surface area (Å²) < 4.78 is 13.9. The smallest absolute Gasteiger partial charge is 0.146 e. The third-order valence-corrected chi connectivity index (χ3v) is 2.63. The molecule has 94 valence electrons. The van der Waals surface area contributed by atoms with Gasteiger partial charge in [0.15, 0.2) is 0 Å². The van der Waals surface area contributed by atoms with Crippen LogP contribution in [-0.4, -0.2) is 18.2 Å². The van der Waals surface area contributed by atoms with Crippen LogP contribution in [-0.2, 0) is 0 Å². The summed E-state index contributed by atoms with van der Waals surface area (Å²) in [5, 5.41) is 9.70. The lowest BCUT2D eigenvalue weighted by Crippen LogP contribution is -2.26. The minimum absolute atomic E-state index is 0.293. The van der Waals surface area contributed by atoms with Gasteiger partial charge in [0, 0.05) is 18.7 Å². The molecule has 0 saturated heterocycles. The number of hydrogen-bond acceptors (Lipinski definition) is 2. The fourth-order valence-electron chi connectivity index (χ4n) is 1.92.